The van der Waals surface area contributed by atoms with Crippen molar-refractivity contribution in [2.24, 2.45) is 7.05 Å². The van der Waals surface area contributed by atoms with Crippen LogP contribution in [0.4, 0.5) is 0 Å². The summed E-state index contributed by atoms with van der Waals surface area (Å²) >= 11 is 0. The summed E-state index contributed by atoms with van der Waals surface area (Å²) in [7, 11) is 1.94. The molecule has 2 aromatic carbocycles. The van der Waals surface area contributed by atoms with Gasteiger partial charge in [0, 0.05) is 28.9 Å². The third-order valence-corrected chi connectivity index (χ3v) is 3.68. The molecule has 4 nitrogen and oxygen atoms in total. The predicted molar refractivity (Wildman–Crippen MR) is 70.2 cm³/mol. The molecular formula is C15H9NO3. The Morgan fingerprint density at radius 1 is 0.895 bits per heavy atom. The summed E-state index contributed by atoms with van der Waals surface area (Å²) in [5.74, 6) is -1.12. The summed E-state index contributed by atoms with van der Waals surface area (Å²) in [6, 6.07) is 11.4. The molecule has 2 heterocycles. The molecule has 4 heteroatoms. The standard InChI is InChI=1S/C15H9NO3/c1-16-12-5-3-2-4-8(12)9-6-10-11(7-13(9)16)15(18)19-14(10)17/h2-7H,1H3. The van der Waals surface area contributed by atoms with Crippen LogP contribution in [0.1, 0.15) is 20.7 Å². The van der Waals surface area contributed by atoms with Crippen molar-refractivity contribution in [2.75, 3.05) is 0 Å². The van der Waals surface area contributed by atoms with Crippen molar-refractivity contribution in [3.63, 3.8) is 0 Å². The molecule has 1 aromatic heterocycles. The number of benzene rings is 2. The van der Waals surface area contributed by atoms with Crippen molar-refractivity contribution in [1.29, 1.82) is 0 Å². The minimum Gasteiger partial charge on any atom is -0.386 e. The number of nitrogens with zero attached hydrogens (tertiary/aromatic N) is 1. The van der Waals surface area contributed by atoms with Gasteiger partial charge in [-0.1, -0.05) is 18.2 Å². The van der Waals surface area contributed by atoms with Crippen LogP contribution in [0.15, 0.2) is 36.4 Å². The van der Waals surface area contributed by atoms with Crippen molar-refractivity contribution in [2.45, 2.75) is 0 Å². The maximum absolute atomic E-state index is 11.6. The van der Waals surface area contributed by atoms with Crippen LogP contribution >= 0.6 is 0 Å². The van der Waals surface area contributed by atoms with Crippen LogP contribution in [0, 0.1) is 0 Å². The lowest BCUT2D eigenvalue weighted by Crippen LogP contribution is -1.97. The number of hydrogen-bond acceptors (Lipinski definition) is 3. The number of esters is 2. The van der Waals surface area contributed by atoms with Crippen molar-refractivity contribution in [3.05, 3.63) is 47.5 Å². The van der Waals surface area contributed by atoms with E-state index in [9.17, 15) is 9.59 Å². The molecule has 0 N–H and O–H groups in total. The van der Waals surface area contributed by atoms with E-state index in [-0.39, 0.29) is 0 Å². The van der Waals surface area contributed by atoms with Crippen LogP contribution in [-0.4, -0.2) is 16.5 Å². The number of carbonyl (C=O) groups is 2. The monoisotopic (exact) mass is 251 g/mol. The zero-order chi connectivity index (χ0) is 13.1. The third-order valence-electron chi connectivity index (χ3n) is 3.68. The maximum atomic E-state index is 11.6. The van der Waals surface area contributed by atoms with Crippen LogP contribution < -0.4 is 0 Å². The van der Waals surface area contributed by atoms with Gasteiger partial charge in [-0.05, 0) is 18.2 Å². The van der Waals surface area contributed by atoms with Crippen LogP contribution in [-0.2, 0) is 11.8 Å². The molecule has 0 radical (unpaired) electrons. The van der Waals surface area contributed by atoms with Crippen molar-refractivity contribution >= 4 is 33.7 Å². The molecule has 0 atom stereocenters. The quantitative estimate of drug-likeness (QED) is 0.456. The molecule has 0 spiro atoms. The normalized spacial score (nSPS) is 14.2. The lowest BCUT2D eigenvalue weighted by atomic mass is 10.0. The van der Waals surface area contributed by atoms with Gasteiger partial charge < -0.3 is 9.30 Å². The molecule has 1 aliphatic heterocycles. The second-order valence-electron chi connectivity index (χ2n) is 4.67. The summed E-state index contributed by atoms with van der Waals surface area (Å²) in [6.45, 7) is 0. The summed E-state index contributed by atoms with van der Waals surface area (Å²) < 4.78 is 6.65. The molecule has 0 saturated heterocycles. The van der Waals surface area contributed by atoms with E-state index in [0.717, 1.165) is 21.8 Å². The number of ether oxygens (including phenoxy) is 1. The van der Waals surface area contributed by atoms with Gasteiger partial charge in [0.15, 0.2) is 0 Å². The minimum atomic E-state index is -0.563. The SMILES string of the molecule is Cn1c2ccccc2c2cc3c(cc21)C(=O)OC3=O. The summed E-state index contributed by atoms with van der Waals surface area (Å²) in [6.07, 6.45) is 0. The number of carbonyl (C=O) groups excluding carboxylic acids is 2. The van der Waals surface area contributed by atoms with Gasteiger partial charge in [-0.3, -0.25) is 0 Å². The largest absolute Gasteiger partial charge is 0.386 e. The first-order chi connectivity index (χ1) is 9.16. The van der Waals surface area contributed by atoms with E-state index >= 15 is 0 Å². The highest BCUT2D eigenvalue weighted by atomic mass is 16.6. The summed E-state index contributed by atoms with van der Waals surface area (Å²) in [5, 5.41) is 2.03. The van der Waals surface area contributed by atoms with Crippen LogP contribution in [0.3, 0.4) is 0 Å². The Labute approximate surface area is 108 Å². The Balaban J connectivity index is 2.24. The molecule has 19 heavy (non-hydrogen) atoms. The molecule has 0 aliphatic carbocycles. The fourth-order valence-corrected chi connectivity index (χ4v) is 2.74. The number of aromatic nitrogens is 1. The average Bonchev–Trinajstić information content (AvgIpc) is 2.86. The van der Waals surface area contributed by atoms with Crippen LogP contribution in [0.2, 0.25) is 0 Å². The number of para-hydroxylation sites is 1. The average molecular weight is 251 g/mol. The zero-order valence-electron chi connectivity index (χ0n) is 10.1. The predicted octanol–water partition coefficient (Wildman–Crippen LogP) is 2.64. The van der Waals surface area contributed by atoms with Crippen LogP contribution in [0.25, 0.3) is 21.8 Å². The minimum absolute atomic E-state index is 0.350. The molecular weight excluding hydrogens is 242 g/mol. The molecule has 0 saturated carbocycles. The van der Waals surface area contributed by atoms with E-state index < -0.39 is 11.9 Å². The molecule has 0 bridgehead atoms. The zero-order valence-corrected chi connectivity index (χ0v) is 10.1. The number of hydrogen-bond donors (Lipinski definition) is 0. The molecule has 1 aliphatic rings. The Hall–Kier alpha value is -2.62. The van der Waals surface area contributed by atoms with E-state index in [1.165, 1.54) is 0 Å². The number of aryl methyl sites for hydroxylation is 1. The maximum Gasteiger partial charge on any atom is 0.346 e. The van der Waals surface area contributed by atoms with Gasteiger partial charge in [0.25, 0.3) is 0 Å². The summed E-state index contributed by atoms with van der Waals surface area (Å²) in [5.41, 5.74) is 2.70. The highest BCUT2D eigenvalue weighted by Crippen LogP contribution is 2.32. The fraction of sp³-hybridized carbons (Fsp3) is 0.0667. The highest BCUT2D eigenvalue weighted by molar-refractivity contribution is 6.19. The molecule has 0 amide bonds. The molecule has 0 fully saturated rings. The van der Waals surface area contributed by atoms with Crippen molar-refractivity contribution in [1.82, 2.24) is 4.57 Å². The number of cyclic esters (lactones) is 2. The van der Waals surface area contributed by atoms with E-state index in [2.05, 4.69) is 4.74 Å². The van der Waals surface area contributed by atoms with Gasteiger partial charge in [0.2, 0.25) is 0 Å². The Bertz CT molecular complexity index is 889. The van der Waals surface area contributed by atoms with Crippen LogP contribution in [0.5, 0.6) is 0 Å². The number of fused-ring (bicyclic) bond motifs is 4. The van der Waals surface area contributed by atoms with Crippen molar-refractivity contribution < 1.29 is 14.3 Å². The van der Waals surface area contributed by atoms with E-state index in [0.29, 0.717) is 11.1 Å². The molecule has 92 valence electrons. The lowest BCUT2D eigenvalue weighted by molar-refractivity contribution is 0.0444. The first-order valence-corrected chi connectivity index (χ1v) is 5.94. The van der Waals surface area contributed by atoms with Gasteiger partial charge >= 0.3 is 11.9 Å². The third kappa shape index (κ3) is 1.18. The topological polar surface area (TPSA) is 48.3 Å². The Morgan fingerprint density at radius 3 is 2.37 bits per heavy atom. The van der Waals surface area contributed by atoms with E-state index in [1.54, 1.807) is 12.1 Å². The second kappa shape index (κ2) is 3.23. The van der Waals surface area contributed by atoms with Gasteiger partial charge in [0.1, 0.15) is 0 Å². The van der Waals surface area contributed by atoms with E-state index in [4.69, 9.17) is 0 Å². The highest BCUT2D eigenvalue weighted by Gasteiger charge is 2.30. The number of rotatable bonds is 0. The second-order valence-corrected chi connectivity index (χ2v) is 4.67. The summed E-state index contributed by atoms with van der Waals surface area (Å²) in [4.78, 5) is 23.2. The van der Waals surface area contributed by atoms with Gasteiger partial charge in [-0.2, -0.15) is 0 Å². The molecule has 3 aromatic rings. The Kier molecular flexibility index (Phi) is 1.75. The molecule has 0 unspecified atom stereocenters. The first kappa shape index (κ1) is 10.3. The smallest absolute Gasteiger partial charge is 0.346 e. The fourth-order valence-electron chi connectivity index (χ4n) is 2.74. The van der Waals surface area contributed by atoms with E-state index in [1.807, 2.05) is 35.9 Å². The first-order valence-electron chi connectivity index (χ1n) is 5.94. The van der Waals surface area contributed by atoms with Gasteiger partial charge in [-0.15, -0.1) is 0 Å². The Morgan fingerprint density at radius 2 is 1.58 bits per heavy atom. The van der Waals surface area contributed by atoms with Crippen molar-refractivity contribution in [3.8, 4) is 0 Å². The van der Waals surface area contributed by atoms with Gasteiger partial charge in [-0.25, -0.2) is 9.59 Å². The molecule has 4 rings (SSSR count). The van der Waals surface area contributed by atoms with Gasteiger partial charge in [0.05, 0.1) is 11.1 Å². The lowest BCUT2D eigenvalue weighted by Gasteiger charge is -1.98.